The van der Waals surface area contributed by atoms with Crippen molar-refractivity contribution in [1.82, 2.24) is 0 Å². The molecule has 0 atom stereocenters. The van der Waals surface area contributed by atoms with Gasteiger partial charge in [0.25, 0.3) is 0 Å². The molecular weight excluding hydrogens is 194 g/mol. The van der Waals surface area contributed by atoms with Gasteiger partial charge in [0, 0.05) is 7.11 Å². The van der Waals surface area contributed by atoms with Gasteiger partial charge in [-0.05, 0) is 12.1 Å². The Kier molecular flexibility index (Phi) is 2.81. The lowest BCUT2D eigenvalue weighted by Crippen LogP contribution is -2.16. The van der Waals surface area contributed by atoms with Crippen molar-refractivity contribution < 1.29 is 23.4 Å². The van der Waals surface area contributed by atoms with E-state index >= 15 is 0 Å². The fourth-order valence-corrected chi connectivity index (χ4v) is 0.951. The van der Waals surface area contributed by atoms with Crippen molar-refractivity contribution in [3.8, 4) is 0 Å². The highest BCUT2D eigenvalue weighted by Gasteiger charge is 2.31. The van der Waals surface area contributed by atoms with Gasteiger partial charge in [-0.2, -0.15) is 8.78 Å². The molecule has 0 saturated carbocycles. The first kappa shape index (κ1) is 10.6. The number of carbonyl (C=O) groups is 1. The van der Waals surface area contributed by atoms with E-state index in [0.717, 1.165) is 19.2 Å². The van der Waals surface area contributed by atoms with Crippen molar-refractivity contribution in [3.63, 3.8) is 0 Å². The summed E-state index contributed by atoms with van der Waals surface area (Å²) in [4.78, 5) is 10.5. The second-order valence-electron chi connectivity index (χ2n) is 2.61. The maximum Gasteiger partial charge on any atom is 0.383 e. The van der Waals surface area contributed by atoms with Crippen molar-refractivity contribution in [2.75, 3.05) is 7.11 Å². The van der Waals surface area contributed by atoms with E-state index in [-0.39, 0.29) is 5.56 Å². The molecule has 0 aromatic heterocycles. The molecule has 0 aliphatic rings. The summed E-state index contributed by atoms with van der Waals surface area (Å²) in [6, 6.07) is 4.46. The van der Waals surface area contributed by atoms with Crippen LogP contribution in [0, 0.1) is 0 Å². The Hall–Kier alpha value is -1.49. The number of carboxylic acid groups (broad SMARTS) is 1. The monoisotopic (exact) mass is 202 g/mol. The second-order valence-corrected chi connectivity index (χ2v) is 2.61. The number of hydrogen-bond donors (Lipinski definition) is 1. The minimum atomic E-state index is -3.45. The minimum Gasteiger partial charge on any atom is -0.478 e. The summed E-state index contributed by atoms with van der Waals surface area (Å²) in [5.74, 6) is -1.25. The van der Waals surface area contributed by atoms with E-state index in [2.05, 4.69) is 4.74 Å². The molecule has 0 unspecified atom stereocenters. The van der Waals surface area contributed by atoms with Gasteiger partial charge in [-0.25, -0.2) is 4.79 Å². The van der Waals surface area contributed by atoms with Crippen LogP contribution in [-0.4, -0.2) is 18.2 Å². The van der Waals surface area contributed by atoms with Gasteiger partial charge in [-0.1, -0.05) is 12.1 Å². The first-order valence-corrected chi connectivity index (χ1v) is 3.74. The number of alkyl halides is 2. The van der Waals surface area contributed by atoms with Crippen molar-refractivity contribution in [2.45, 2.75) is 6.11 Å². The van der Waals surface area contributed by atoms with Gasteiger partial charge in [0.1, 0.15) is 0 Å². The molecule has 76 valence electrons. The fraction of sp³-hybridized carbons (Fsp3) is 0.222. The summed E-state index contributed by atoms with van der Waals surface area (Å²) < 4.78 is 29.8. The summed E-state index contributed by atoms with van der Waals surface area (Å²) in [6.45, 7) is 0. The molecular formula is C9H8F2O3. The van der Waals surface area contributed by atoms with Gasteiger partial charge in [-0.3, -0.25) is 0 Å². The maximum atomic E-state index is 12.9. The highest BCUT2D eigenvalue weighted by molar-refractivity contribution is 5.87. The predicted molar refractivity (Wildman–Crippen MR) is 44.3 cm³/mol. The predicted octanol–water partition coefficient (Wildman–Crippen LogP) is 2.08. The third kappa shape index (κ3) is 2.05. The van der Waals surface area contributed by atoms with Crippen LogP contribution in [-0.2, 0) is 10.8 Å². The quantitative estimate of drug-likeness (QED) is 0.816. The molecule has 0 radical (unpaired) electrons. The number of hydrogen-bond acceptors (Lipinski definition) is 2. The van der Waals surface area contributed by atoms with Crippen LogP contribution in [0.15, 0.2) is 24.3 Å². The van der Waals surface area contributed by atoms with Crippen molar-refractivity contribution in [1.29, 1.82) is 0 Å². The fourth-order valence-electron chi connectivity index (χ4n) is 0.951. The molecule has 1 rings (SSSR count). The number of benzene rings is 1. The van der Waals surface area contributed by atoms with Crippen LogP contribution in [0.4, 0.5) is 8.78 Å². The summed E-state index contributed by atoms with van der Waals surface area (Å²) in [5, 5.41) is 8.56. The maximum absolute atomic E-state index is 12.9. The lowest BCUT2D eigenvalue weighted by atomic mass is 10.1. The largest absolute Gasteiger partial charge is 0.478 e. The van der Waals surface area contributed by atoms with Gasteiger partial charge in [-0.15, -0.1) is 0 Å². The van der Waals surface area contributed by atoms with Crippen LogP contribution in [0.1, 0.15) is 15.9 Å². The Labute approximate surface area is 78.9 Å². The van der Waals surface area contributed by atoms with Crippen molar-refractivity contribution in [3.05, 3.63) is 35.4 Å². The van der Waals surface area contributed by atoms with Gasteiger partial charge < -0.3 is 9.84 Å². The molecule has 14 heavy (non-hydrogen) atoms. The zero-order valence-corrected chi connectivity index (χ0v) is 7.33. The Balaban J connectivity index is 3.12. The molecule has 0 bridgehead atoms. The molecule has 0 aliphatic heterocycles. The van der Waals surface area contributed by atoms with Crippen molar-refractivity contribution in [2.24, 2.45) is 0 Å². The number of halogens is 2. The standard InChI is InChI=1S/C9H8F2O3/c1-14-9(10,11)7-4-2-3-6(5-7)8(12)13/h2-5H,1H3,(H,12,13). The molecule has 3 nitrogen and oxygen atoms in total. The molecule has 0 fully saturated rings. The molecule has 1 N–H and O–H groups in total. The number of ether oxygens (including phenoxy) is 1. The van der Waals surface area contributed by atoms with Crippen LogP contribution >= 0.6 is 0 Å². The average molecular weight is 202 g/mol. The van der Waals surface area contributed by atoms with E-state index in [4.69, 9.17) is 5.11 Å². The smallest absolute Gasteiger partial charge is 0.383 e. The Morgan fingerprint density at radius 1 is 1.50 bits per heavy atom. The third-order valence-electron chi connectivity index (χ3n) is 1.70. The Morgan fingerprint density at radius 2 is 2.14 bits per heavy atom. The Morgan fingerprint density at radius 3 is 2.64 bits per heavy atom. The minimum absolute atomic E-state index is 0.195. The second kappa shape index (κ2) is 3.71. The van der Waals surface area contributed by atoms with Gasteiger partial charge in [0.05, 0.1) is 11.1 Å². The molecule has 5 heteroatoms. The highest BCUT2D eigenvalue weighted by Crippen LogP contribution is 2.28. The van der Waals surface area contributed by atoms with E-state index in [1.807, 2.05) is 0 Å². The summed E-state index contributed by atoms with van der Waals surface area (Å²) >= 11 is 0. The van der Waals surface area contributed by atoms with E-state index in [0.29, 0.717) is 0 Å². The first-order valence-electron chi connectivity index (χ1n) is 3.74. The van der Waals surface area contributed by atoms with Gasteiger partial charge >= 0.3 is 12.1 Å². The lowest BCUT2D eigenvalue weighted by Gasteiger charge is -2.14. The first-order chi connectivity index (χ1) is 6.47. The molecule has 0 heterocycles. The molecule has 0 spiro atoms. The highest BCUT2D eigenvalue weighted by atomic mass is 19.3. The normalized spacial score (nSPS) is 11.4. The number of carboxylic acids is 1. The summed E-state index contributed by atoms with van der Waals surface area (Å²) in [7, 11) is 0.855. The van der Waals surface area contributed by atoms with E-state index in [1.54, 1.807) is 0 Å². The van der Waals surface area contributed by atoms with Gasteiger partial charge in [0.15, 0.2) is 0 Å². The number of methoxy groups -OCH3 is 1. The van der Waals surface area contributed by atoms with Crippen LogP contribution in [0.3, 0.4) is 0 Å². The molecule has 1 aromatic carbocycles. The zero-order chi connectivity index (χ0) is 10.8. The zero-order valence-electron chi connectivity index (χ0n) is 7.33. The summed E-state index contributed by atoms with van der Waals surface area (Å²) in [5.41, 5.74) is -0.667. The lowest BCUT2D eigenvalue weighted by molar-refractivity contribution is -0.231. The van der Waals surface area contributed by atoms with Gasteiger partial charge in [0.2, 0.25) is 0 Å². The Bertz CT molecular complexity index is 350. The number of rotatable bonds is 3. The van der Waals surface area contributed by atoms with Crippen LogP contribution in [0.2, 0.25) is 0 Å². The summed E-state index contributed by atoms with van der Waals surface area (Å²) in [6.07, 6.45) is -3.45. The molecule has 1 aromatic rings. The third-order valence-corrected chi connectivity index (χ3v) is 1.70. The van der Waals surface area contributed by atoms with E-state index in [1.165, 1.54) is 12.1 Å². The average Bonchev–Trinajstić information content (AvgIpc) is 2.18. The van der Waals surface area contributed by atoms with Crippen LogP contribution in [0.5, 0.6) is 0 Å². The molecule has 0 saturated heterocycles. The van der Waals surface area contributed by atoms with E-state index in [9.17, 15) is 13.6 Å². The molecule has 0 amide bonds. The van der Waals surface area contributed by atoms with Crippen LogP contribution < -0.4 is 0 Å². The SMILES string of the molecule is COC(F)(F)c1cccc(C(=O)O)c1. The van der Waals surface area contributed by atoms with Crippen LogP contribution in [0.25, 0.3) is 0 Å². The topological polar surface area (TPSA) is 46.5 Å². The number of aromatic carboxylic acids is 1. The molecule has 0 aliphatic carbocycles. The van der Waals surface area contributed by atoms with E-state index < -0.39 is 17.6 Å². The van der Waals surface area contributed by atoms with Crippen molar-refractivity contribution >= 4 is 5.97 Å².